The summed E-state index contributed by atoms with van der Waals surface area (Å²) in [6, 6.07) is 6.59. The second kappa shape index (κ2) is 4.73. The molecule has 1 saturated carbocycles. The van der Waals surface area contributed by atoms with Gasteiger partial charge in [-0.15, -0.1) is 0 Å². The summed E-state index contributed by atoms with van der Waals surface area (Å²) in [5.41, 5.74) is 3.97. The fourth-order valence-corrected chi connectivity index (χ4v) is 2.90. The maximum Gasteiger partial charge on any atom is 0.224 e. The molecule has 0 aromatic heterocycles. The number of aryl methyl sites for hydroxylation is 2. The SMILES string of the molecule is O=C(Cc1ccc2c(c1)CCC2)NC1CC(O)C1. The van der Waals surface area contributed by atoms with Crippen molar-refractivity contribution in [2.24, 2.45) is 0 Å². The first-order valence-corrected chi connectivity index (χ1v) is 6.79. The number of hydrogen-bond donors (Lipinski definition) is 2. The Morgan fingerprint density at radius 1 is 1.28 bits per heavy atom. The maximum absolute atomic E-state index is 11.8. The molecule has 1 amide bonds. The smallest absolute Gasteiger partial charge is 0.224 e. The first-order valence-electron chi connectivity index (χ1n) is 6.79. The van der Waals surface area contributed by atoms with Gasteiger partial charge in [-0.25, -0.2) is 0 Å². The summed E-state index contributed by atoms with van der Waals surface area (Å²) in [5.74, 6) is 0.0739. The standard InChI is InChI=1S/C15H19NO2/c17-14-8-13(9-14)16-15(18)7-10-4-5-11-2-1-3-12(11)6-10/h4-6,13-14,17H,1-3,7-9H2,(H,16,18). The number of hydrogen-bond acceptors (Lipinski definition) is 2. The van der Waals surface area contributed by atoms with Gasteiger partial charge in [-0.2, -0.15) is 0 Å². The molecule has 3 nitrogen and oxygen atoms in total. The van der Waals surface area contributed by atoms with Crippen LogP contribution in [0.1, 0.15) is 36.0 Å². The zero-order chi connectivity index (χ0) is 12.5. The Labute approximate surface area is 107 Å². The molecule has 0 heterocycles. The summed E-state index contributed by atoms with van der Waals surface area (Å²) in [7, 11) is 0. The van der Waals surface area contributed by atoms with Gasteiger partial charge in [0.05, 0.1) is 12.5 Å². The fraction of sp³-hybridized carbons (Fsp3) is 0.533. The van der Waals surface area contributed by atoms with Gasteiger partial charge >= 0.3 is 0 Å². The van der Waals surface area contributed by atoms with Crippen molar-refractivity contribution >= 4 is 5.91 Å². The van der Waals surface area contributed by atoms with E-state index in [2.05, 4.69) is 23.5 Å². The Morgan fingerprint density at radius 3 is 2.83 bits per heavy atom. The minimum atomic E-state index is -0.213. The molecule has 0 bridgehead atoms. The van der Waals surface area contributed by atoms with E-state index in [0.29, 0.717) is 19.3 Å². The minimum absolute atomic E-state index is 0.0739. The van der Waals surface area contributed by atoms with Crippen LogP contribution < -0.4 is 5.32 Å². The molecule has 3 rings (SSSR count). The van der Waals surface area contributed by atoms with Gasteiger partial charge in [-0.05, 0) is 48.8 Å². The van der Waals surface area contributed by atoms with Gasteiger partial charge in [0, 0.05) is 6.04 Å². The van der Waals surface area contributed by atoms with Gasteiger partial charge in [0.1, 0.15) is 0 Å². The van der Waals surface area contributed by atoms with Gasteiger partial charge in [0.25, 0.3) is 0 Å². The summed E-state index contributed by atoms with van der Waals surface area (Å²) in [6.45, 7) is 0. The van der Waals surface area contributed by atoms with Crippen LogP contribution in [0.2, 0.25) is 0 Å². The highest BCUT2D eigenvalue weighted by atomic mass is 16.3. The second-order valence-corrected chi connectivity index (χ2v) is 5.52. The number of rotatable bonds is 3. The van der Waals surface area contributed by atoms with Crippen LogP contribution in [0.5, 0.6) is 0 Å². The van der Waals surface area contributed by atoms with Gasteiger partial charge < -0.3 is 10.4 Å². The van der Waals surface area contributed by atoms with Crippen LogP contribution >= 0.6 is 0 Å². The largest absolute Gasteiger partial charge is 0.393 e. The van der Waals surface area contributed by atoms with E-state index in [9.17, 15) is 9.90 Å². The molecule has 96 valence electrons. The van der Waals surface area contributed by atoms with Crippen LogP contribution in [0.4, 0.5) is 0 Å². The maximum atomic E-state index is 11.8. The molecule has 0 unspecified atom stereocenters. The molecule has 2 aliphatic carbocycles. The van der Waals surface area contributed by atoms with E-state index < -0.39 is 0 Å². The molecule has 0 saturated heterocycles. The zero-order valence-corrected chi connectivity index (χ0v) is 10.5. The Bertz CT molecular complexity index is 464. The van der Waals surface area contributed by atoms with Gasteiger partial charge in [0.2, 0.25) is 5.91 Å². The number of amides is 1. The third-order valence-corrected chi connectivity index (χ3v) is 4.01. The minimum Gasteiger partial charge on any atom is -0.393 e. The zero-order valence-electron chi connectivity index (χ0n) is 10.5. The lowest BCUT2D eigenvalue weighted by atomic mass is 9.89. The molecule has 0 spiro atoms. The van der Waals surface area contributed by atoms with Gasteiger partial charge in [-0.1, -0.05) is 18.2 Å². The summed E-state index contributed by atoms with van der Waals surface area (Å²) >= 11 is 0. The Morgan fingerprint density at radius 2 is 2.06 bits per heavy atom. The summed E-state index contributed by atoms with van der Waals surface area (Å²) < 4.78 is 0. The van der Waals surface area contributed by atoms with Gasteiger partial charge in [0.15, 0.2) is 0 Å². The average Bonchev–Trinajstić information content (AvgIpc) is 2.74. The molecular weight excluding hydrogens is 226 g/mol. The van der Waals surface area contributed by atoms with E-state index in [-0.39, 0.29) is 18.1 Å². The van der Waals surface area contributed by atoms with Crippen molar-refractivity contribution in [3.63, 3.8) is 0 Å². The number of fused-ring (bicyclic) bond motifs is 1. The number of nitrogens with one attached hydrogen (secondary N) is 1. The number of carbonyl (C=O) groups excluding carboxylic acids is 1. The van der Waals surface area contributed by atoms with Crippen molar-refractivity contribution in [2.75, 3.05) is 0 Å². The van der Waals surface area contributed by atoms with E-state index in [0.717, 1.165) is 12.0 Å². The third-order valence-electron chi connectivity index (χ3n) is 4.01. The van der Waals surface area contributed by atoms with Crippen molar-refractivity contribution in [3.05, 3.63) is 34.9 Å². The molecule has 3 heteroatoms. The molecule has 2 N–H and O–H groups in total. The van der Waals surface area contributed by atoms with E-state index in [4.69, 9.17) is 0 Å². The van der Waals surface area contributed by atoms with Crippen molar-refractivity contribution < 1.29 is 9.90 Å². The number of aliphatic hydroxyl groups excluding tert-OH is 1. The normalized spacial score (nSPS) is 25.4. The lowest BCUT2D eigenvalue weighted by Gasteiger charge is -2.31. The molecule has 0 radical (unpaired) electrons. The highest BCUT2D eigenvalue weighted by Gasteiger charge is 2.28. The molecule has 1 fully saturated rings. The average molecular weight is 245 g/mol. The Hall–Kier alpha value is -1.35. The van der Waals surface area contributed by atoms with Crippen molar-refractivity contribution in [1.82, 2.24) is 5.32 Å². The lowest BCUT2D eigenvalue weighted by molar-refractivity contribution is -0.122. The number of benzene rings is 1. The third kappa shape index (κ3) is 2.41. The van der Waals surface area contributed by atoms with E-state index >= 15 is 0 Å². The van der Waals surface area contributed by atoms with E-state index in [1.165, 1.54) is 24.0 Å². The van der Waals surface area contributed by atoms with Crippen molar-refractivity contribution in [3.8, 4) is 0 Å². The summed E-state index contributed by atoms with van der Waals surface area (Å²) in [6.07, 6.45) is 5.23. The highest BCUT2D eigenvalue weighted by molar-refractivity contribution is 5.79. The van der Waals surface area contributed by atoms with Crippen LogP contribution in [0.3, 0.4) is 0 Å². The molecular formula is C15H19NO2. The first kappa shape index (κ1) is 11.7. The van der Waals surface area contributed by atoms with Crippen LogP contribution in [0.25, 0.3) is 0 Å². The number of aliphatic hydroxyl groups is 1. The predicted molar refractivity (Wildman–Crippen MR) is 69.3 cm³/mol. The Balaban J connectivity index is 1.57. The predicted octanol–water partition coefficient (Wildman–Crippen LogP) is 1.36. The topological polar surface area (TPSA) is 49.3 Å². The van der Waals surface area contributed by atoms with Crippen LogP contribution in [0, 0.1) is 0 Å². The van der Waals surface area contributed by atoms with Crippen LogP contribution in [-0.2, 0) is 24.1 Å². The molecule has 1 aromatic rings. The first-order chi connectivity index (χ1) is 8.70. The monoisotopic (exact) mass is 245 g/mol. The molecule has 0 atom stereocenters. The quantitative estimate of drug-likeness (QED) is 0.844. The summed E-state index contributed by atoms with van der Waals surface area (Å²) in [5, 5.41) is 12.1. The molecule has 0 aliphatic heterocycles. The van der Waals surface area contributed by atoms with Crippen LogP contribution in [0.15, 0.2) is 18.2 Å². The molecule has 2 aliphatic rings. The Kier molecular flexibility index (Phi) is 3.08. The molecule has 18 heavy (non-hydrogen) atoms. The summed E-state index contributed by atoms with van der Waals surface area (Å²) in [4.78, 5) is 11.8. The van der Waals surface area contributed by atoms with Crippen molar-refractivity contribution in [1.29, 1.82) is 0 Å². The van der Waals surface area contributed by atoms with E-state index in [1.54, 1.807) is 0 Å². The lowest BCUT2D eigenvalue weighted by Crippen LogP contribution is -2.47. The van der Waals surface area contributed by atoms with Crippen molar-refractivity contribution in [2.45, 2.75) is 50.7 Å². The fourth-order valence-electron chi connectivity index (χ4n) is 2.90. The highest BCUT2D eigenvalue weighted by Crippen LogP contribution is 2.23. The van der Waals surface area contributed by atoms with Crippen LogP contribution in [-0.4, -0.2) is 23.2 Å². The second-order valence-electron chi connectivity index (χ2n) is 5.52. The number of carbonyl (C=O) groups is 1. The molecule has 1 aromatic carbocycles. The van der Waals surface area contributed by atoms with E-state index in [1.807, 2.05) is 0 Å². The van der Waals surface area contributed by atoms with Gasteiger partial charge in [-0.3, -0.25) is 4.79 Å².